The lowest BCUT2D eigenvalue weighted by Crippen LogP contribution is -2.23. The van der Waals surface area contributed by atoms with Crippen molar-refractivity contribution in [2.45, 2.75) is 33.6 Å². The van der Waals surface area contributed by atoms with Gasteiger partial charge in [0, 0.05) is 0 Å². The van der Waals surface area contributed by atoms with Crippen LogP contribution in [0.4, 0.5) is 0 Å². The fraction of sp³-hybridized carbons (Fsp3) is 0.500. The predicted molar refractivity (Wildman–Crippen MR) is 63.2 cm³/mol. The highest BCUT2D eigenvalue weighted by atomic mass is 14.3. The molecule has 0 saturated heterocycles. The summed E-state index contributed by atoms with van der Waals surface area (Å²) in [4.78, 5) is 0. The second kappa shape index (κ2) is 4.16. The van der Waals surface area contributed by atoms with Gasteiger partial charge in [0.05, 0.1) is 0 Å². The van der Waals surface area contributed by atoms with Gasteiger partial charge < -0.3 is 0 Å². The molecule has 2 atom stereocenters. The second-order valence-corrected chi connectivity index (χ2v) is 5.23. The van der Waals surface area contributed by atoms with E-state index in [0.717, 1.165) is 0 Å². The highest BCUT2D eigenvalue weighted by Crippen LogP contribution is 2.40. The lowest BCUT2D eigenvalue weighted by molar-refractivity contribution is 0.273. The molecule has 0 amide bonds. The van der Waals surface area contributed by atoms with Crippen molar-refractivity contribution in [1.82, 2.24) is 0 Å². The summed E-state index contributed by atoms with van der Waals surface area (Å²) in [7, 11) is 0. The van der Waals surface area contributed by atoms with E-state index in [1.165, 1.54) is 5.56 Å². The minimum atomic E-state index is 0.280. The molecule has 0 nitrogen and oxygen atoms in total. The van der Waals surface area contributed by atoms with Gasteiger partial charge >= 0.3 is 0 Å². The Morgan fingerprint density at radius 2 is 1.57 bits per heavy atom. The SMILES string of the molecule is [CH2]C(C)C(c1ccccc1)C(C)(C)C. The van der Waals surface area contributed by atoms with Gasteiger partial charge in [-0.1, -0.05) is 58.0 Å². The van der Waals surface area contributed by atoms with Gasteiger partial charge in [-0.25, -0.2) is 0 Å². The molecule has 0 aromatic heterocycles. The molecule has 1 rings (SSSR count). The highest BCUT2D eigenvalue weighted by molar-refractivity contribution is 5.22. The Morgan fingerprint density at radius 1 is 1.07 bits per heavy atom. The Bertz CT molecular complexity index is 264. The number of benzene rings is 1. The van der Waals surface area contributed by atoms with Crippen LogP contribution in [0, 0.1) is 18.3 Å². The van der Waals surface area contributed by atoms with Crippen molar-refractivity contribution in [2.75, 3.05) is 0 Å². The quantitative estimate of drug-likeness (QED) is 0.651. The first-order valence-corrected chi connectivity index (χ1v) is 5.31. The third-order valence-corrected chi connectivity index (χ3v) is 2.66. The number of hydrogen-bond acceptors (Lipinski definition) is 0. The fourth-order valence-electron chi connectivity index (χ4n) is 2.34. The number of hydrogen-bond donors (Lipinski definition) is 0. The van der Waals surface area contributed by atoms with Gasteiger partial charge in [0.15, 0.2) is 0 Å². The van der Waals surface area contributed by atoms with E-state index in [4.69, 9.17) is 0 Å². The van der Waals surface area contributed by atoms with Crippen molar-refractivity contribution in [3.8, 4) is 0 Å². The molecular weight excluding hydrogens is 168 g/mol. The maximum Gasteiger partial charge on any atom is -0.00875 e. The summed E-state index contributed by atoms with van der Waals surface area (Å²) >= 11 is 0. The molecule has 0 aliphatic carbocycles. The zero-order valence-corrected chi connectivity index (χ0v) is 9.75. The van der Waals surface area contributed by atoms with Crippen LogP contribution in [0.2, 0.25) is 0 Å². The number of rotatable bonds is 2. The lowest BCUT2D eigenvalue weighted by Gasteiger charge is -2.34. The molecule has 1 radical (unpaired) electrons. The van der Waals surface area contributed by atoms with Crippen LogP contribution in [0.5, 0.6) is 0 Å². The molecule has 1 aromatic carbocycles. The molecular formula is C14H21. The smallest absolute Gasteiger partial charge is 0.00875 e. The maximum absolute atomic E-state index is 4.18. The van der Waals surface area contributed by atoms with Crippen molar-refractivity contribution < 1.29 is 0 Å². The minimum absolute atomic E-state index is 0.280. The second-order valence-electron chi connectivity index (χ2n) is 5.23. The Balaban J connectivity index is 3.02. The van der Waals surface area contributed by atoms with Crippen molar-refractivity contribution >= 4 is 0 Å². The van der Waals surface area contributed by atoms with E-state index in [-0.39, 0.29) is 5.41 Å². The minimum Gasteiger partial charge on any atom is -0.0622 e. The van der Waals surface area contributed by atoms with Crippen LogP contribution >= 0.6 is 0 Å². The van der Waals surface area contributed by atoms with Gasteiger partial charge in [0.1, 0.15) is 0 Å². The summed E-state index contributed by atoms with van der Waals surface area (Å²) in [6, 6.07) is 10.7. The standard InChI is InChI=1S/C14H21/c1-11(2)13(14(3,4)5)12-9-7-6-8-10-12/h6-11,13H,1H2,2-5H3. The summed E-state index contributed by atoms with van der Waals surface area (Å²) in [5.74, 6) is 0.973. The van der Waals surface area contributed by atoms with Gasteiger partial charge in [0.25, 0.3) is 0 Å². The first-order chi connectivity index (χ1) is 6.43. The van der Waals surface area contributed by atoms with Crippen molar-refractivity contribution in [1.29, 1.82) is 0 Å². The van der Waals surface area contributed by atoms with Crippen molar-refractivity contribution in [2.24, 2.45) is 11.3 Å². The molecule has 77 valence electrons. The molecule has 0 bridgehead atoms. The highest BCUT2D eigenvalue weighted by Gasteiger charge is 2.28. The Labute approximate surface area is 88.4 Å². The van der Waals surface area contributed by atoms with E-state index < -0.39 is 0 Å². The van der Waals surface area contributed by atoms with E-state index in [9.17, 15) is 0 Å². The molecule has 2 unspecified atom stereocenters. The summed E-state index contributed by atoms with van der Waals surface area (Å²) in [6.45, 7) is 13.2. The average Bonchev–Trinajstić information content (AvgIpc) is 2.02. The van der Waals surface area contributed by atoms with Crippen molar-refractivity contribution in [3.05, 3.63) is 42.8 Å². The molecule has 0 heterocycles. The third kappa shape index (κ3) is 2.60. The van der Waals surface area contributed by atoms with Crippen LogP contribution in [0.15, 0.2) is 30.3 Å². The van der Waals surface area contributed by atoms with Gasteiger partial charge in [-0.15, -0.1) is 0 Å². The van der Waals surface area contributed by atoms with Gasteiger partial charge in [0.2, 0.25) is 0 Å². The molecule has 0 heteroatoms. The first kappa shape index (κ1) is 11.3. The van der Waals surface area contributed by atoms with E-state index in [0.29, 0.717) is 11.8 Å². The van der Waals surface area contributed by atoms with E-state index >= 15 is 0 Å². The summed E-state index contributed by atoms with van der Waals surface area (Å²) in [5.41, 5.74) is 1.69. The van der Waals surface area contributed by atoms with Crippen LogP contribution in [0.3, 0.4) is 0 Å². The van der Waals surface area contributed by atoms with Gasteiger partial charge in [-0.2, -0.15) is 0 Å². The lowest BCUT2D eigenvalue weighted by atomic mass is 9.71. The largest absolute Gasteiger partial charge is 0.0622 e. The molecule has 0 fully saturated rings. The molecule has 0 spiro atoms. The van der Waals surface area contributed by atoms with Gasteiger partial charge in [-0.05, 0) is 29.7 Å². The normalized spacial score (nSPS) is 14.4. The Morgan fingerprint density at radius 3 is 1.93 bits per heavy atom. The summed E-state index contributed by atoms with van der Waals surface area (Å²) in [5, 5.41) is 0. The zero-order valence-electron chi connectivity index (χ0n) is 9.75. The molecule has 14 heavy (non-hydrogen) atoms. The molecule has 0 saturated carbocycles. The van der Waals surface area contributed by atoms with E-state index in [2.05, 4.69) is 65.0 Å². The van der Waals surface area contributed by atoms with Crippen LogP contribution in [0.25, 0.3) is 0 Å². The van der Waals surface area contributed by atoms with Crippen LogP contribution in [-0.2, 0) is 0 Å². The molecule has 0 aliphatic heterocycles. The average molecular weight is 189 g/mol. The van der Waals surface area contributed by atoms with Crippen LogP contribution in [-0.4, -0.2) is 0 Å². The fourth-order valence-corrected chi connectivity index (χ4v) is 2.34. The topological polar surface area (TPSA) is 0 Å². The molecule has 0 N–H and O–H groups in total. The summed E-state index contributed by atoms with van der Waals surface area (Å²) in [6.07, 6.45) is 0. The van der Waals surface area contributed by atoms with Crippen molar-refractivity contribution in [3.63, 3.8) is 0 Å². The monoisotopic (exact) mass is 189 g/mol. The van der Waals surface area contributed by atoms with Crippen LogP contribution < -0.4 is 0 Å². The van der Waals surface area contributed by atoms with Gasteiger partial charge in [-0.3, -0.25) is 0 Å². The Hall–Kier alpha value is -0.780. The third-order valence-electron chi connectivity index (χ3n) is 2.66. The first-order valence-electron chi connectivity index (χ1n) is 5.31. The zero-order chi connectivity index (χ0) is 10.8. The predicted octanol–water partition coefficient (Wildman–Crippen LogP) is 4.29. The molecule has 0 aliphatic rings. The van der Waals surface area contributed by atoms with E-state index in [1.807, 2.05) is 0 Å². The summed E-state index contributed by atoms with van der Waals surface area (Å²) < 4.78 is 0. The maximum atomic E-state index is 4.18. The van der Waals surface area contributed by atoms with E-state index in [1.54, 1.807) is 0 Å². The molecule has 1 aromatic rings. The Kier molecular flexibility index (Phi) is 3.36. The van der Waals surface area contributed by atoms with Crippen LogP contribution in [0.1, 0.15) is 39.2 Å².